The number of benzene rings is 2. The molecule has 156 valence electrons. The lowest BCUT2D eigenvalue weighted by atomic mass is 9.71. The Morgan fingerprint density at radius 3 is 2.47 bits per heavy atom. The first-order valence-electron chi connectivity index (χ1n) is 10.5. The summed E-state index contributed by atoms with van der Waals surface area (Å²) in [6.45, 7) is 6.65. The van der Waals surface area contributed by atoms with Crippen LogP contribution in [0.1, 0.15) is 65.5 Å². The zero-order chi connectivity index (χ0) is 21.4. The number of aromatic hydroxyl groups is 2. The summed E-state index contributed by atoms with van der Waals surface area (Å²) < 4.78 is 6.49. The van der Waals surface area contributed by atoms with Crippen LogP contribution >= 0.6 is 0 Å². The van der Waals surface area contributed by atoms with Gasteiger partial charge in [-0.1, -0.05) is 44.2 Å². The standard InChI is InChI=1S/C25H26O5/c1-24(2)17-10-14-9-15-21(28)16(12-26)22(29)19(20(27)13-7-5-4-6-8-13)23(15)30-25(14,3)11-18(17)24/h4-8,12,14,17-18,28-29H,9-11H2,1-3H3/t14?,17-,18+,25?/m1/s1. The van der Waals surface area contributed by atoms with Crippen LogP contribution < -0.4 is 4.74 Å². The Morgan fingerprint density at radius 1 is 1.10 bits per heavy atom. The molecule has 1 heterocycles. The molecule has 5 nitrogen and oxygen atoms in total. The van der Waals surface area contributed by atoms with Crippen LogP contribution in [0.3, 0.4) is 0 Å². The molecular weight excluding hydrogens is 380 g/mol. The number of phenols is 2. The zero-order valence-corrected chi connectivity index (χ0v) is 17.4. The van der Waals surface area contributed by atoms with E-state index in [-0.39, 0.29) is 34.0 Å². The van der Waals surface area contributed by atoms with Crippen LogP contribution in [0.4, 0.5) is 0 Å². The highest BCUT2D eigenvalue weighted by atomic mass is 16.5. The van der Waals surface area contributed by atoms with E-state index < -0.39 is 17.1 Å². The van der Waals surface area contributed by atoms with Crippen molar-refractivity contribution in [2.24, 2.45) is 23.2 Å². The number of fused-ring (bicyclic) bond motifs is 3. The van der Waals surface area contributed by atoms with Crippen molar-refractivity contribution < 1.29 is 24.5 Å². The molecule has 1 aliphatic heterocycles. The van der Waals surface area contributed by atoms with Crippen molar-refractivity contribution in [3.05, 3.63) is 52.6 Å². The maximum atomic E-state index is 13.3. The molecule has 2 saturated carbocycles. The Balaban J connectivity index is 1.67. The molecule has 0 saturated heterocycles. The van der Waals surface area contributed by atoms with Gasteiger partial charge in [0.1, 0.15) is 28.4 Å². The summed E-state index contributed by atoms with van der Waals surface area (Å²) in [6, 6.07) is 8.61. The first-order chi connectivity index (χ1) is 14.2. The fourth-order valence-corrected chi connectivity index (χ4v) is 5.93. The summed E-state index contributed by atoms with van der Waals surface area (Å²) in [5, 5.41) is 21.6. The van der Waals surface area contributed by atoms with Gasteiger partial charge in [0, 0.05) is 17.0 Å². The molecule has 0 amide bonds. The molecule has 2 fully saturated rings. The van der Waals surface area contributed by atoms with Gasteiger partial charge in [0.2, 0.25) is 5.78 Å². The van der Waals surface area contributed by atoms with Gasteiger partial charge < -0.3 is 14.9 Å². The molecule has 2 unspecified atom stereocenters. The Morgan fingerprint density at radius 2 is 1.80 bits per heavy atom. The van der Waals surface area contributed by atoms with E-state index in [1.165, 1.54) is 0 Å². The average molecular weight is 406 g/mol. The highest BCUT2D eigenvalue weighted by molar-refractivity contribution is 6.14. The molecule has 2 aromatic carbocycles. The number of carbonyl (C=O) groups excluding carboxylic acids is 2. The number of hydrogen-bond donors (Lipinski definition) is 2. The number of carbonyl (C=O) groups is 2. The van der Waals surface area contributed by atoms with Crippen molar-refractivity contribution >= 4 is 12.1 Å². The quantitative estimate of drug-likeness (QED) is 0.578. The lowest BCUT2D eigenvalue weighted by molar-refractivity contribution is -0.0265. The molecule has 5 rings (SSSR count). The number of rotatable bonds is 3. The first-order valence-corrected chi connectivity index (χ1v) is 10.5. The molecule has 0 bridgehead atoms. The highest BCUT2D eigenvalue weighted by Gasteiger charge is 2.65. The fraction of sp³-hybridized carbons (Fsp3) is 0.440. The summed E-state index contributed by atoms with van der Waals surface area (Å²) in [5.74, 6) is 0.401. The van der Waals surface area contributed by atoms with Gasteiger partial charge in [0.25, 0.3) is 0 Å². The predicted molar refractivity (Wildman–Crippen MR) is 111 cm³/mol. The molecule has 2 aliphatic carbocycles. The third-order valence-electron chi connectivity index (χ3n) is 8.02. The minimum atomic E-state index is -0.516. The molecular formula is C25H26O5. The van der Waals surface area contributed by atoms with Crippen LogP contribution in [0.15, 0.2) is 30.3 Å². The molecule has 3 aliphatic rings. The molecule has 0 aromatic heterocycles. The summed E-state index contributed by atoms with van der Waals surface area (Å²) >= 11 is 0. The smallest absolute Gasteiger partial charge is 0.200 e. The van der Waals surface area contributed by atoms with Gasteiger partial charge in [-0.15, -0.1) is 0 Å². The Labute approximate surface area is 175 Å². The number of aldehydes is 1. The van der Waals surface area contributed by atoms with E-state index in [2.05, 4.69) is 20.8 Å². The van der Waals surface area contributed by atoms with Crippen LogP contribution in [-0.2, 0) is 6.42 Å². The van der Waals surface area contributed by atoms with E-state index in [1.807, 2.05) is 0 Å². The topological polar surface area (TPSA) is 83.8 Å². The summed E-state index contributed by atoms with van der Waals surface area (Å²) in [4.78, 5) is 25.0. The maximum Gasteiger partial charge on any atom is 0.200 e. The van der Waals surface area contributed by atoms with Crippen LogP contribution in [0.25, 0.3) is 0 Å². The van der Waals surface area contributed by atoms with Crippen molar-refractivity contribution in [3.8, 4) is 17.2 Å². The number of hydrogen-bond acceptors (Lipinski definition) is 5. The number of ketones is 1. The molecule has 0 radical (unpaired) electrons. The van der Waals surface area contributed by atoms with Gasteiger partial charge in [-0.05, 0) is 43.4 Å². The molecule has 2 aromatic rings. The van der Waals surface area contributed by atoms with Crippen molar-refractivity contribution in [1.82, 2.24) is 0 Å². The third-order valence-corrected chi connectivity index (χ3v) is 8.02. The van der Waals surface area contributed by atoms with Crippen molar-refractivity contribution in [2.45, 2.75) is 45.6 Å². The Kier molecular flexibility index (Phi) is 3.89. The van der Waals surface area contributed by atoms with Gasteiger partial charge in [-0.3, -0.25) is 9.59 Å². The van der Waals surface area contributed by atoms with E-state index >= 15 is 0 Å². The second-order valence-electron chi connectivity index (χ2n) is 9.90. The number of phenolic OH excluding ortho intramolecular Hbond substituents is 2. The summed E-state index contributed by atoms with van der Waals surface area (Å²) in [6.07, 6.45) is 2.80. The lowest BCUT2D eigenvalue weighted by Gasteiger charge is -2.46. The predicted octanol–water partition coefficient (Wildman–Crippen LogP) is 4.52. The van der Waals surface area contributed by atoms with Crippen LogP contribution in [0.2, 0.25) is 0 Å². The van der Waals surface area contributed by atoms with Crippen molar-refractivity contribution in [2.75, 3.05) is 0 Å². The van der Waals surface area contributed by atoms with Crippen molar-refractivity contribution in [3.63, 3.8) is 0 Å². The maximum absolute atomic E-state index is 13.3. The Hall–Kier alpha value is -2.82. The lowest BCUT2D eigenvalue weighted by Crippen LogP contribution is -2.48. The summed E-state index contributed by atoms with van der Waals surface area (Å²) in [7, 11) is 0. The van der Waals surface area contributed by atoms with Gasteiger partial charge >= 0.3 is 0 Å². The fourth-order valence-electron chi connectivity index (χ4n) is 5.93. The van der Waals surface area contributed by atoms with Gasteiger partial charge in [0.15, 0.2) is 6.29 Å². The van der Waals surface area contributed by atoms with Crippen LogP contribution in [0, 0.1) is 23.2 Å². The summed E-state index contributed by atoms with van der Waals surface area (Å²) in [5.41, 5.74) is 0.356. The van der Waals surface area contributed by atoms with E-state index in [4.69, 9.17) is 4.74 Å². The van der Waals surface area contributed by atoms with E-state index in [0.29, 0.717) is 35.7 Å². The van der Waals surface area contributed by atoms with Gasteiger partial charge in [-0.2, -0.15) is 0 Å². The largest absolute Gasteiger partial charge is 0.507 e. The minimum Gasteiger partial charge on any atom is -0.507 e. The van der Waals surface area contributed by atoms with E-state index in [9.17, 15) is 19.8 Å². The number of ether oxygens (including phenoxy) is 1. The zero-order valence-electron chi connectivity index (χ0n) is 17.4. The van der Waals surface area contributed by atoms with Crippen LogP contribution in [0.5, 0.6) is 17.2 Å². The Bertz CT molecular complexity index is 1070. The monoisotopic (exact) mass is 406 g/mol. The third kappa shape index (κ3) is 2.47. The first kappa shape index (κ1) is 19.2. The van der Waals surface area contributed by atoms with E-state index in [1.54, 1.807) is 30.3 Å². The molecule has 30 heavy (non-hydrogen) atoms. The van der Waals surface area contributed by atoms with Gasteiger partial charge in [0.05, 0.1) is 5.56 Å². The normalized spacial score (nSPS) is 30.3. The second-order valence-corrected chi connectivity index (χ2v) is 9.90. The van der Waals surface area contributed by atoms with Crippen LogP contribution in [-0.4, -0.2) is 27.9 Å². The SMILES string of the molecule is CC12C[C@H]3[C@@H](CC1Cc1c(O)c(C=O)c(O)c(C(=O)c4ccccc4)c1O2)C3(C)C. The highest BCUT2D eigenvalue weighted by Crippen LogP contribution is 2.69. The molecule has 0 spiro atoms. The van der Waals surface area contributed by atoms with Gasteiger partial charge in [-0.25, -0.2) is 0 Å². The van der Waals surface area contributed by atoms with Crippen molar-refractivity contribution in [1.29, 1.82) is 0 Å². The second kappa shape index (κ2) is 6.10. The average Bonchev–Trinajstić information content (AvgIpc) is 3.24. The molecule has 2 N–H and O–H groups in total. The molecule has 5 heteroatoms. The minimum absolute atomic E-state index is 0.0343. The molecule has 4 atom stereocenters. The van der Waals surface area contributed by atoms with E-state index in [0.717, 1.165) is 12.8 Å².